The van der Waals surface area contributed by atoms with Gasteiger partial charge in [0.25, 0.3) is 0 Å². The fourth-order valence-electron chi connectivity index (χ4n) is 2.11. The number of hydrogen-bond acceptors (Lipinski definition) is 3. The Morgan fingerprint density at radius 3 is 2.14 bits per heavy atom. The van der Waals surface area contributed by atoms with Crippen LogP contribution in [0.2, 0.25) is 0 Å². The lowest BCUT2D eigenvalue weighted by molar-refractivity contribution is 0.0877. The highest BCUT2D eigenvalue weighted by Crippen LogP contribution is 2.24. The Hall–Kier alpha value is -0.120. The van der Waals surface area contributed by atoms with Gasteiger partial charge in [-0.25, -0.2) is 0 Å². The molecular formula is C11H24N2O. The molecule has 1 saturated heterocycles. The molecule has 0 saturated carbocycles. The second-order valence-electron chi connectivity index (χ2n) is 5.38. The standard InChI is InChI=1S/C11H24N2O/c1-11(2,3)10(12)9(8-14)13-6-4-5-7-13/h9-10,14H,4-8,12H2,1-3H3. The van der Waals surface area contributed by atoms with Gasteiger partial charge < -0.3 is 10.8 Å². The maximum absolute atomic E-state index is 9.40. The highest BCUT2D eigenvalue weighted by molar-refractivity contribution is 4.91. The van der Waals surface area contributed by atoms with Gasteiger partial charge in [0.1, 0.15) is 0 Å². The number of nitrogens with two attached hydrogens (primary N) is 1. The Labute approximate surface area is 87.3 Å². The van der Waals surface area contributed by atoms with Crippen molar-refractivity contribution in [2.24, 2.45) is 11.1 Å². The van der Waals surface area contributed by atoms with E-state index in [1.165, 1.54) is 12.8 Å². The maximum atomic E-state index is 9.40. The number of hydrogen-bond donors (Lipinski definition) is 2. The molecule has 84 valence electrons. The molecule has 2 atom stereocenters. The van der Waals surface area contributed by atoms with Gasteiger partial charge in [-0.2, -0.15) is 0 Å². The molecule has 1 aliphatic rings. The van der Waals surface area contributed by atoms with Crippen LogP contribution in [0.3, 0.4) is 0 Å². The molecule has 1 fully saturated rings. The van der Waals surface area contributed by atoms with E-state index in [0.717, 1.165) is 13.1 Å². The second kappa shape index (κ2) is 4.60. The molecule has 0 aromatic heterocycles. The van der Waals surface area contributed by atoms with E-state index in [2.05, 4.69) is 25.7 Å². The summed E-state index contributed by atoms with van der Waals surface area (Å²) in [4.78, 5) is 2.33. The summed E-state index contributed by atoms with van der Waals surface area (Å²) in [6, 6.07) is 0.183. The normalized spacial score (nSPS) is 23.8. The highest BCUT2D eigenvalue weighted by Gasteiger charge is 2.33. The van der Waals surface area contributed by atoms with Crippen LogP contribution in [-0.4, -0.2) is 41.8 Å². The molecule has 0 aliphatic carbocycles. The van der Waals surface area contributed by atoms with Crippen LogP contribution in [0.5, 0.6) is 0 Å². The molecule has 2 unspecified atom stereocenters. The minimum Gasteiger partial charge on any atom is -0.395 e. The Bertz CT molecular complexity index is 171. The molecule has 0 spiro atoms. The van der Waals surface area contributed by atoms with Gasteiger partial charge in [-0.1, -0.05) is 20.8 Å². The van der Waals surface area contributed by atoms with Crippen molar-refractivity contribution in [3.8, 4) is 0 Å². The smallest absolute Gasteiger partial charge is 0.0602 e. The van der Waals surface area contributed by atoms with Gasteiger partial charge in [-0.3, -0.25) is 4.90 Å². The zero-order valence-corrected chi connectivity index (χ0v) is 9.66. The summed E-state index contributed by atoms with van der Waals surface area (Å²) in [7, 11) is 0. The van der Waals surface area contributed by atoms with Crippen molar-refractivity contribution in [2.45, 2.75) is 45.7 Å². The highest BCUT2D eigenvalue weighted by atomic mass is 16.3. The predicted molar refractivity (Wildman–Crippen MR) is 59.1 cm³/mol. The summed E-state index contributed by atoms with van der Waals surface area (Å²) < 4.78 is 0. The number of nitrogens with zero attached hydrogens (tertiary/aromatic N) is 1. The van der Waals surface area contributed by atoms with Crippen molar-refractivity contribution in [2.75, 3.05) is 19.7 Å². The van der Waals surface area contributed by atoms with E-state index >= 15 is 0 Å². The topological polar surface area (TPSA) is 49.5 Å². The van der Waals surface area contributed by atoms with E-state index in [1.54, 1.807) is 0 Å². The van der Waals surface area contributed by atoms with Gasteiger partial charge in [-0.05, 0) is 31.3 Å². The summed E-state index contributed by atoms with van der Waals surface area (Å²) >= 11 is 0. The van der Waals surface area contributed by atoms with Crippen LogP contribution in [0.1, 0.15) is 33.6 Å². The number of rotatable bonds is 3. The maximum Gasteiger partial charge on any atom is 0.0602 e. The molecule has 0 amide bonds. The summed E-state index contributed by atoms with van der Waals surface area (Å²) in [6.45, 7) is 8.77. The van der Waals surface area contributed by atoms with Crippen LogP contribution < -0.4 is 5.73 Å². The molecule has 0 bridgehead atoms. The zero-order chi connectivity index (χ0) is 10.8. The van der Waals surface area contributed by atoms with Crippen LogP contribution in [0.25, 0.3) is 0 Å². The van der Waals surface area contributed by atoms with Crippen LogP contribution in [0.4, 0.5) is 0 Å². The SMILES string of the molecule is CC(C)(C)C(N)C(CO)N1CCCC1. The first-order valence-corrected chi connectivity index (χ1v) is 5.57. The zero-order valence-electron chi connectivity index (χ0n) is 9.66. The van der Waals surface area contributed by atoms with Crippen LogP contribution in [0, 0.1) is 5.41 Å². The molecule has 1 aliphatic heterocycles. The van der Waals surface area contributed by atoms with Crippen molar-refractivity contribution in [1.29, 1.82) is 0 Å². The molecule has 0 aromatic rings. The van der Waals surface area contributed by atoms with Gasteiger partial charge >= 0.3 is 0 Å². The Balaban J connectivity index is 2.60. The third kappa shape index (κ3) is 2.69. The number of aliphatic hydroxyl groups is 1. The largest absolute Gasteiger partial charge is 0.395 e. The molecule has 3 nitrogen and oxygen atoms in total. The number of likely N-dealkylation sites (tertiary alicyclic amines) is 1. The fourth-order valence-corrected chi connectivity index (χ4v) is 2.11. The average molecular weight is 200 g/mol. The van der Waals surface area contributed by atoms with E-state index in [4.69, 9.17) is 5.73 Å². The molecule has 0 radical (unpaired) electrons. The molecule has 1 rings (SSSR count). The first kappa shape index (κ1) is 12.0. The van der Waals surface area contributed by atoms with Gasteiger partial charge in [-0.15, -0.1) is 0 Å². The van der Waals surface area contributed by atoms with Crippen LogP contribution in [0.15, 0.2) is 0 Å². The second-order valence-corrected chi connectivity index (χ2v) is 5.38. The van der Waals surface area contributed by atoms with E-state index < -0.39 is 0 Å². The Morgan fingerprint density at radius 1 is 1.29 bits per heavy atom. The van der Waals surface area contributed by atoms with Crippen molar-refractivity contribution < 1.29 is 5.11 Å². The molecule has 0 aromatic carbocycles. The van der Waals surface area contributed by atoms with Gasteiger partial charge in [0.15, 0.2) is 0 Å². The first-order valence-electron chi connectivity index (χ1n) is 5.57. The quantitative estimate of drug-likeness (QED) is 0.709. The monoisotopic (exact) mass is 200 g/mol. The predicted octanol–water partition coefficient (Wildman–Crippen LogP) is 0.817. The lowest BCUT2D eigenvalue weighted by Crippen LogP contribution is -2.54. The van der Waals surface area contributed by atoms with Gasteiger partial charge in [0.2, 0.25) is 0 Å². The van der Waals surface area contributed by atoms with E-state index in [9.17, 15) is 5.11 Å². The van der Waals surface area contributed by atoms with E-state index in [1.807, 2.05) is 0 Å². The van der Waals surface area contributed by atoms with E-state index in [-0.39, 0.29) is 24.1 Å². The minimum atomic E-state index is 0.0469. The molecule has 3 N–H and O–H groups in total. The molecule has 14 heavy (non-hydrogen) atoms. The number of aliphatic hydroxyl groups excluding tert-OH is 1. The van der Waals surface area contributed by atoms with E-state index in [0.29, 0.717) is 0 Å². The van der Waals surface area contributed by atoms with Gasteiger partial charge in [0.05, 0.1) is 6.61 Å². The van der Waals surface area contributed by atoms with Crippen LogP contribution in [-0.2, 0) is 0 Å². The first-order chi connectivity index (χ1) is 6.46. The molecule has 3 heteroatoms. The summed E-state index contributed by atoms with van der Waals surface area (Å²) in [5, 5.41) is 9.40. The average Bonchev–Trinajstić information content (AvgIpc) is 2.57. The molecular weight excluding hydrogens is 176 g/mol. The van der Waals surface area contributed by atoms with Gasteiger partial charge in [0, 0.05) is 12.1 Å². The van der Waals surface area contributed by atoms with Crippen molar-refractivity contribution in [3.05, 3.63) is 0 Å². The fraction of sp³-hybridized carbons (Fsp3) is 1.00. The lowest BCUT2D eigenvalue weighted by Gasteiger charge is -2.38. The van der Waals surface area contributed by atoms with Crippen LogP contribution >= 0.6 is 0 Å². The lowest BCUT2D eigenvalue weighted by atomic mass is 9.82. The van der Waals surface area contributed by atoms with Crippen molar-refractivity contribution in [3.63, 3.8) is 0 Å². The summed E-state index contributed by atoms with van der Waals surface area (Å²) in [5.41, 5.74) is 6.25. The minimum absolute atomic E-state index is 0.0469. The Morgan fingerprint density at radius 2 is 1.79 bits per heavy atom. The van der Waals surface area contributed by atoms with Crippen molar-refractivity contribution >= 4 is 0 Å². The third-order valence-electron chi connectivity index (χ3n) is 3.21. The third-order valence-corrected chi connectivity index (χ3v) is 3.21. The molecule has 1 heterocycles. The van der Waals surface area contributed by atoms with Crippen molar-refractivity contribution in [1.82, 2.24) is 4.90 Å². The summed E-state index contributed by atoms with van der Waals surface area (Å²) in [5.74, 6) is 0. The summed E-state index contributed by atoms with van der Waals surface area (Å²) in [6.07, 6.45) is 2.49. The Kier molecular flexibility index (Phi) is 3.93.